The number of nitrogens with two attached hydrogens (primary N) is 1. The van der Waals surface area contributed by atoms with Gasteiger partial charge in [0.15, 0.2) is 0 Å². The second kappa shape index (κ2) is 11.8. The lowest BCUT2D eigenvalue weighted by Gasteiger charge is -2.21. The molecule has 1 aliphatic rings. The topological polar surface area (TPSA) is 120 Å². The summed E-state index contributed by atoms with van der Waals surface area (Å²) in [6.07, 6.45) is -0.787. The quantitative estimate of drug-likeness (QED) is 0.424. The van der Waals surface area contributed by atoms with Gasteiger partial charge in [-0.1, -0.05) is 13.0 Å². The van der Waals surface area contributed by atoms with Crippen LogP contribution >= 0.6 is 0 Å². The molecule has 1 saturated heterocycles. The van der Waals surface area contributed by atoms with Crippen LogP contribution in [0.2, 0.25) is 0 Å². The number of carbonyl (C=O) groups is 1. The number of carbonyl (C=O) groups excluding carboxylic acids is 1. The summed E-state index contributed by atoms with van der Waals surface area (Å²) in [5, 5.41) is 0. The van der Waals surface area contributed by atoms with Crippen molar-refractivity contribution in [2.45, 2.75) is 38.8 Å². The van der Waals surface area contributed by atoms with E-state index in [2.05, 4.69) is 15.0 Å². The van der Waals surface area contributed by atoms with E-state index < -0.39 is 29.1 Å². The number of halogens is 3. The van der Waals surface area contributed by atoms with Crippen LogP contribution in [-0.4, -0.2) is 40.7 Å². The Kier molecular flexibility index (Phi) is 8.45. The Labute approximate surface area is 217 Å². The van der Waals surface area contributed by atoms with E-state index in [1.807, 2.05) is 0 Å². The number of primary amides is 1. The van der Waals surface area contributed by atoms with E-state index in [1.54, 1.807) is 19.1 Å². The summed E-state index contributed by atoms with van der Waals surface area (Å²) in [5.41, 5.74) is 4.63. The molecular weight excluding hydrogens is 501 g/mol. The molecule has 3 heterocycles. The number of benzene rings is 1. The Bertz CT molecular complexity index is 1320. The molecule has 1 atom stereocenters. The minimum absolute atomic E-state index is 0.161. The van der Waals surface area contributed by atoms with E-state index in [0.717, 1.165) is 18.9 Å². The van der Waals surface area contributed by atoms with Crippen LogP contribution < -0.4 is 16.0 Å². The lowest BCUT2D eigenvalue weighted by atomic mass is 9.93. The second-order valence-corrected chi connectivity index (χ2v) is 9.32. The molecule has 11 heteroatoms. The fourth-order valence-corrected chi connectivity index (χ4v) is 4.36. The van der Waals surface area contributed by atoms with Crippen molar-refractivity contribution in [1.82, 2.24) is 15.0 Å². The minimum Gasteiger partial charge on any atom is -0.477 e. The summed E-state index contributed by atoms with van der Waals surface area (Å²) in [4.78, 5) is 35.2. The van der Waals surface area contributed by atoms with E-state index >= 15 is 0 Å². The lowest BCUT2D eigenvalue weighted by molar-refractivity contribution is -0.137. The third-order valence-corrected chi connectivity index (χ3v) is 6.60. The third kappa shape index (κ3) is 6.77. The molecule has 202 valence electrons. The molecule has 3 N–H and O–H groups in total. The molecule has 3 aromatic rings. The van der Waals surface area contributed by atoms with Gasteiger partial charge < -0.3 is 20.2 Å². The van der Waals surface area contributed by atoms with Crippen LogP contribution in [0.25, 0.3) is 22.6 Å². The van der Waals surface area contributed by atoms with Crippen molar-refractivity contribution in [3.8, 4) is 28.5 Å². The molecular formula is C27H29F3N4O4. The Balaban J connectivity index is 1.63. The van der Waals surface area contributed by atoms with Gasteiger partial charge in [-0.25, -0.2) is 9.97 Å². The average molecular weight is 531 g/mol. The van der Waals surface area contributed by atoms with Gasteiger partial charge in [0.05, 0.1) is 17.9 Å². The maximum Gasteiger partial charge on any atom is 0.417 e. The van der Waals surface area contributed by atoms with Crippen LogP contribution in [-0.2, 0) is 22.1 Å². The number of aromatic amines is 1. The van der Waals surface area contributed by atoms with Crippen molar-refractivity contribution in [2.75, 3.05) is 19.8 Å². The number of aromatic nitrogens is 3. The first-order valence-electron chi connectivity index (χ1n) is 12.4. The molecule has 1 unspecified atom stereocenters. The monoisotopic (exact) mass is 530 g/mol. The number of pyridine rings is 1. The summed E-state index contributed by atoms with van der Waals surface area (Å²) >= 11 is 0. The molecule has 0 saturated carbocycles. The van der Waals surface area contributed by atoms with Crippen LogP contribution in [0.1, 0.15) is 37.3 Å². The predicted octanol–water partition coefficient (Wildman–Crippen LogP) is 4.38. The summed E-state index contributed by atoms with van der Waals surface area (Å²) in [7, 11) is 0. The molecule has 0 radical (unpaired) electrons. The van der Waals surface area contributed by atoms with Crippen molar-refractivity contribution in [3.05, 3.63) is 64.1 Å². The molecule has 8 nitrogen and oxygen atoms in total. The van der Waals surface area contributed by atoms with Crippen LogP contribution in [0.4, 0.5) is 13.2 Å². The summed E-state index contributed by atoms with van der Waals surface area (Å²) in [6, 6.07) is 8.01. The first-order chi connectivity index (χ1) is 18.1. The molecule has 2 aromatic heterocycles. The average Bonchev–Trinajstić information content (AvgIpc) is 2.90. The van der Waals surface area contributed by atoms with Crippen molar-refractivity contribution in [3.63, 3.8) is 0 Å². The van der Waals surface area contributed by atoms with Crippen molar-refractivity contribution in [1.29, 1.82) is 0 Å². The Hall–Kier alpha value is -3.73. The van der Waals surface area contributed by atoms with Crippen molar-refractivity contribution >= 4 is 5.91 Å². The van der Waals surface area contributed by atoms with E-state index in [-0.39, 0.29) is 23.5 Å². The number of amides is 1. The molecule has 1 fully saturated rings. The fraction of sp³-hybridized carbons (Fsp3) is 0.407. The summed E-state index contributed by atoms with van der Waals surface area (Å²) in [6.45, 7) is 3.70. The number of nitrogens with one attached hydrogen (secondary N) is 1. The Morgan fingerprint density at radius 2 is 1.97 bits per heavy atom. The third-order valence-electron chi connectivity index (χ3n) is 6.60. The molecule has 1 aliphatic heterocycles. The molecule has 38 heavy (non-hydrogen) atoms. The van der Waals surface area contributed by atoms with Gasteiger partial charge in [-0.15, -0.1) is 0 Å². The van der Waals surface area contributed by atoms with E-state index in [1.165, 1.54) is 24.4 Å². The molecule has 1 amide bonds. The zero-order valence-electron chi connectivity index (χ0n) is 20.9. The number of alkyl halides is 3. The van der Waals surface area contributed by atoms with Crippen molar-refractivity contribution < 1.29 is 27.4 Å². The van der Waals surface area contributed by atoms with E-state index in [4.69, 9.17) is 15.2 Å². The minimum atomic E-state index is -4.69. The first kappa shape index (κ1) is 27.3. The Morgan fingerprint density at radius 1 is 1.21 bits per heavy atom. The SMILES string of the molecule is CCC(Cc1ccc(C(F)(F)F)c(-c2nc(-c3ccc(OCC4CCOCC4)nc3)cc(=O)[nH]2)c1)C(N)=O. The van der Waals surface area contributed by atoms with Gasteiger partial charge in [-0.2, -0.15) is 13.2 Å². The number of hydrogen-bond acceptors (Lipinski definition) is 6. The number of ether oxygens (including phenoxy) is 2. The van der Waals surface area contributed by atoms with Gasteiger partial charge in [0.1, 0.15) is 5.82 Å². The fourth-order valence-electron chi connectivity index (χ4n) is 4.36. The summed E-state index contributed by atoms with van der Waals surface area (Å²) in [5.74, 6) is -0.520. The highest BCUT2D eigenvalue weighted by Crippen LogP contribution is 2.37. The maximum atomic E-state index is 13.9. The largest absolute Gasteiger partial charge is 0.477 e. The standard InChI is InChI=1S/C27H29F3N4O4/c1-2-18(25(31)36)11-17-3-5-21(27(28,29)30)20(12-17)26-33-22(13-23(35)34-26)19-4-6-24(32-14-19)38-15-16-7-9-37-10-8-16/h3-6,12-14,16,18H,2,7-11,15H2,1H3,(H2,31,36)(H,33,34,35). The highest BCUT2D eigenvalue weighted by Gasteiger charge is 2.34. The normalized spacial score (nSPS) is 15.3. The zero-order chi connectivity index (χ0) is 27.3. The van der Waals surface area contributed by atoms with Gasteiger partial charge in [0.25, 0.3) is 5.56 Å². The van der Waals surface area contributed by atoms with Crippen LogP contribution in [0.15, 0.2) is 47.4 Å². The highest BCUT2D eigenvalue weighted by atomic mass is 19.4. The Morgan fingerprint density at radius 3 is 2.61 bits per heavy atom. The number of H-pyrrole nitrogens is 1. The maximum absolute atomic E-state index is 13.9. The number of nitrogens with zero attached hydrogens (tertiary/aromatic N) is 2. The molecule has 4 rings (SSSR count). The predicted molar refractivity (Wildman–Crippen MR) is 134 cm³/mol. The van der Waals surface area contributed by atoms with Crippen LogP contribution in [0.3, 0.4) is 0 Å². The number of hydrogen-bond donors (Lipinski definition) is 2. The van der Waals surface area contributed by atoms with Crippen molar-refractivity contribution in [2.24, 2.45) is 17.6 Å². The van der Waals surface area contributed by atoms with Gasteiger partial charge in [0, 0.05) is 48.6 Å². The highest BCUT2D eigenvalue weighted by molar-refractivity contribution is 5.77. The zero-order valence-corrected chi connectivity index (χ0v) is 20.9. The molecule has 0 spiro atoms. The molecule has 0 aliphatic carbocycles. The van der Waals surface area contributed by atoms with Gasteiger partial charge in [-0.3, -0.25) is 9.59 Å². The number of rotatable bonds is 9. The first-order valence-corrected chi connectivity index (χ1v) is 12.4. The van der Waals surface area contributed by atoms with E-state index in [9.17, 15) is 22.8 Å². The van der Waals surface area contributed by atoms with E-state index in [0.29, 0.717) is 49.2 Å². The van der Waals surface area contributed by atoms with Crippen LogP contribution in [0.5, 0.6) is 5.88 Å². The van der Waals surface area contributed by atoms with Crippen LogP contribution in [0, 0.1) is 11.8 Å². The molecule has 1 aromatic carbocycles. The smallest absolute Gasteiger partial charge is 0.417 e. The second-order valence-electron chi connectivity index (χ2n) is 9.32. The van der Waals surface area contributed by atoms with Gasteiger partial charge in [-0.05, 0) is 55.4 Å². The molecule has 0 bridgehead atoms. The lowest BCUT2D eigenvalue weighted by Crippen LogP contribution is -2.24. The summed E-state index contributed by atoms with van der Waals surface area (Å²) < 4.78 is 52.7. The van der Waals surface area contributed by atoms with Gasteiger partial charge >= 0.3 is 6.18 Å². The van der Waals surface area contributed by atoms with Gasteiger partial charge in [0.2, 0.25) is 11.8 Å².